The summed E-state index contributed by atoms with van der Waals surface area (Å²) >= 11 is 1.81. The van der Waals surface area contributed by atoms with Crippen molar-refractivity contribution in [2.45, 2.75) is 9.79 Å². The highest BCUT2D eigenvalue weighted by Crippen LogP contribution is 2.60. The van der Waals surface area contributed by atoms with Crippen LogP contribution in [-0.2, 0) is 0 Å². The van der Waals surface area contributed by atoms with Gasteiger partial charge in [0.25, 0.3) is 0 Å². The van der Waals surface area contributed by atoms with Gasteiger partial charge in [-0.3, -0.25) is 0 Å². The zero-order valence-electron chi connectivity index (χ0n) is 19.9. The third-order valence-electron chi connectivity index (χ3n) is 7.24. The molecule has 6 aromatic carbocycles. The third kappa shape index (κ3) is 3.08. The van der Waals surface area contributed by atoms with Crippen LogP contribution in [0.5, 0.6) is 11.5 Å². The molecule has 2 nitrogen and oxygen atoms in total. The molecule has 0 fully saturated rings. The van der Waals surface area contributed by atoms with Crippen molar-refractivity contribution in [3.05, 3.63) is 127 Å². The van der Waals surface area contributed by atoms with E-state index in [4.69, 9.17) is 4.74 Å². The summed E-state index contributed by atoms with van der Waals surface area (Å²) in [6.45, 7) is 0. The van der Waals surface area contributed by atoms with Crippen molar-refractivity contribution in [3.8, 4) is 33.8 Å². The second-order valence-electron chi connectivity index (χ2n) is 9.35. The minimum Gasteiger partial charge on any atom is -0.452 e. The van der Waals surface area contributed by atoms with Gasteiger partial charge in [0.2, 0.25) is 0 Å². The number of hydrogen-bond donors (Lipinski definition) is 0. The molecule has 37 heavy (non-hydrogen) atoms. The SMILES string of the molecule is c1ccc(-c2ccc3c4c2Sc2ccc5cccc(c5c2O4)-c2ccccc2N3c2ccccc2)cc1. The fraction of sp³-hybridized carbons (Fsp3) is 0. The summed E-state index contributed by atoms with van der Waals surface area (Å²) in [4.78, 5) is 4.64. The highest BCUT2D eigenvalue weighted by atomic mass is 32.2. The van der Waals surface area contributed by atoms with Crippen LogP contribution in [0.2, 0.25) is 0 Å². The molecule has 2 aliphatic rings. The second kappa shape index (κ2) is 8.02. The fourth-order valence-corrected chi connectivity index (χ4v) is 6.73. The normalized spacial score (nSPS) is 12.9. The molecule has 0 spiro atoms. The van der Waals surface area contributed by atoms with E-state index < -0.39 is 0 Å². The average Bonchev–Trinajstić information content (AvgIpc) is 3.01. The maximum absolute atomic E-state index is 7.02. The number of para-hydroxylation sites is 2. The van der Waals surface area contributed by atoms with Crippen molar-refractivity contribution in [1.29, 1.82) is 0 Å². The Kier molecular flexibility index (Phi) is 4.49. The Morgan fingerprint density at radius 2 is 1.27 bits per heavy atom. The van der Waals surface area contributed by atoms with Gasteiger partial charge in [-0.25, -0.2) is 0 Å². The minimum atomic E-state index is 0.904. The van der Waals surface area contributed by atoms with E-state index >= 15 is 0 Å². The molecule has 0 saturated heterocycles. The first-order valence-corrected chi connectivity index (χ1v) is 13.3. The number of hydrogen-bond acceptors (Lipinski definition) is 3. The van der Waals surface area contributed by atoms with Crippen molar-refractivity contribution in [2.24, 2.45) is 0 Å². The van der Waals surface area contributed by atoms with E-state index in [1.807, 2.05) is 11.8 Å². The molecule has 6 aromatic rings. The van der Waals surface area contributed by atoms with Gasteiger partial charge in [0.05, 0.1) is 21.2 Å². The molecule has 174 valence electrons. The Hall–Kier alpha value is -4.47. The number of anilines is 3. The smallest absolute Gasteiger partial charge is 0.166 e. The summed E-state index contributed by atoms with van der Waals surface area (Å²) in [6, 6.07) is 45.3. The standard InChI is InChI=1S/C34H21NOS/c1-3-10-22(11-4-1)25-19-20-29-32-34(25)37-30-21-18-23-12-9-16-27(31(23)33(30)36-32)26-15-7-8-17-28(26)35(29)24-13-5-2-6-14-24/h1-21H. The van der Waals surface area contributed by atoms with Crippen molar-refractivity contribution in [3.63, 3.8) is 0 Å². The van der Waals surface area contributed by atoms with Crippen molar-refractivity contribution in [2.75, 3.05) is 4.90 Å². The summed E-state index contributed by atoms with van der Waals surface area (Å²) < 4.78 is 7.02. The Bertz CT molecular complexity index is 1830. The average molecular weight is 492 g/mol. The number of fused-ring (bicyclic) bond motifs is 2. The predicted molar refractivity (Wildman–Crippen MR) is 154 cm³/mol. The maximum Gasteiger partial charge on any atom is 0.166 e. The Morgan fingerprint density at radius 3 is 2.14 bits per heavy atom. The topological polar surface area (TPSA) is 12.5 Å². The molecule has 2 aliphatic heterocycles. The lowest BCUT2D eigenvalue weighted by Gasteiger charge is -2.31. The largest absolute Gasteiger partial charge is 0.452 e. The van der Waals surface area contributed by atoms with Crippen molar-refractivity contribution < 1.29 is 4.74 Å². The van der Waals surface area contributed by atoms with E-state index in [0.29, 0.717) is 0 Å². The number of ether oxygens (including phenoxy) is 1. The summed E-state index contributed by atoms with van der Waals surface area (Å²) in [7, 11) is 0. The van der Waals surface area contributed by atoms with E-state index in [-0.39, 0.29) is 0 Å². The molecule has 0 amide bonds. The van der Waals surface area contributed by atoms with Gasteiger partial charge in [-0.2, -0.15) is 0 Å². The fourth-order valence-electron chi connectivity index (χ4n) is 5.60. The lowest BCUT2D eigenvalue weighted by Crippen LogP contribution is -2.13. The van der Waals surface area contributed by atoms with Crippen LogP contribution in [0.1, 0.15) is 0 Å². The van der Waals surface area contributed by atoms with Crippen LogP contribution in [0.15, 0.2) is 137 Å². The van der Waals surface area contributed by atoms with E-state index in [1.54, 1.807) is 0 Å². The molecule has 3 heteroatoms. The van der Waals surface area contributed by atoms with Gasteiger partial charge < -0.3 is 9.64 Å². The molecule has 0 saturated carbocycles. The molecule has 0 N–H and O–H groups in total. The molecule has 0 aromatic heterocycles. The van der Waals surface area contributed by atoms with Crippen LogP contribution in [0.4, 0.5) is 17.1 Å². The van der Waals surface area contributed by atoms with Gasteiger partial charge in [-0.15, -0.1) is 0 Å². The highest BCUT2D eigenvalue weighted by Gasteiger charge is 2.32. The molecule has 2 heterocycles. The van der Waals surface area contributed by atoms with Gasteiger partial charge in [-0.05, 0) is 52.4 Å². The molecule has 0 aliphatic carbocycles. The van der Waals surface area contributed by atoms with Crippen molar-refractivity contribution >= 4 is 39.6 Å². The van der Waals surface area contributed by atoms with Gasteiger partial charge in [-0.1, -0.05) is 109 Å². The van der Waals surface area contributed by atoms with Crippen molar-refractivity contribution in [1.82, 2.24) is 0 Å². The van der Waals surface area contributed by atoms with Crippen LogP contribution < -0.4 is 9.64 Å². The van der Waals surface area contributed by atoms with Crippen LogP contribution in [0.25, 0.3) is 33.0 Å². The van der Waals surface area contributed by atoms with Crippen LogP contribution >= 0.6 is 11.8 Å². The third-order valence-corrected chi connectivity index (χ3v) is 8.40. The molecular weight excluding hydrogens is 470 g/mol. The van der Waals surface area contributed by atoms with Gasteiger partial charge in [0, 0.05) is 16.6 Å². The van der Waals surface area contributed by atoms with E-state index in [9.17, 15) is 0 Å². The first-order chi connectivity index (χ1) is 18.4. The molecule has 8 rings (SSSR count). The summed E-state index contributed by atoms with van der Waals surface area (Å²) in [5.74, 6) is 1.85. The zero-order chi connectivity index (χ0) is 24.3. The lowest BCUT2D eigenvalue weighted by atomic mass is 9.95. The Labute approximate surface area is 219 Å². The van der Waals surface area contributed by atoms with Crippen LogP contribution in [0.3, 0.4) is 0 Å². The lowest BCUT2D eigenvalue weighted by molar-refractivity contribution is 0.462. The highest BCUT2D eigenvalue weighted by molar-refractivity contribution is 7.99. The minimum absolute atomic E-state index is 0.904. The molecule has 0 unspecified atom stereocenters. The quantitative estimate of drug-likeness (QED) is 0.239. The second-order valence-corrected chi connectivity index (χ2v) is 10.4. The summed E-state index contributed by atoms with van der Waals surface area (Å²) in [5, 5.41) is 2.35. The zero-order valence-corrected chi connectivity index (χ0v) is 20.7. The van der Waals surface area contributed by atoms with E-state index in [1.165, 1.54) is 27.6 Å². The number of nitrogens with zero attached hydrogens (tertiary/aromatic N) is 1. The first kappa shape index (κ1) is 20.7. The molecule has 2 bridgehead atoms. The molecule has 0 atom stereocenters. The number of benzene rings is 6. The molecular formula is C34H21NOS. The van der Waals surface area contributed by atoms with Crippen LogP contribution in [0, 0.1) is 0 Å². The number of rotatable bonds is 2. The van der Waals surface area contributed by atoms with Gasteiger partial charge in [0.15, 0.2) is 5.75 Å². The maximum atomic E-state index is 7.02. The Balaban J connectivity index is 1.54. The van der Waals surface area contributed by atoms with Crippen LogP contribution in [-0.4, -0.2) is 0 Å². The summed E-state index contributed by atoms with van der Waals surface area (Å²) in [6.07, 6.45) is 0. The summed E-state index contributed by atoms with van der Waals surface area (Å²) in [5.41, 5.74) is 8.02. The predicted octanol–water partition coefficient (Wildman–Crippen LogP) is 10.2. The van der Waals surface area contributed by atoms with Gasteiger partial charge in [0.1, 0.15) is 5.75 Å². The Morgan fingerprint density at radius 1 is 0.514 bits per heavy atom. The van der Waals surface area contributed by atoms with E-state index in [0.717, 1.165) is 43.7 Å². The first-order valence-electron chi connectivity index (χ1n) is 12.5. The van der Waals surface area contributed by atoms with Gasteiger partial charge >= 0.3 is 0 Å². The van der Waals surface area contributed by atoms with E-state index in [2.05, 4.69) is 132 Å². The molecule has 0 radical (unpaired) electrons. The monoisotopic (exact) mass is 491 g/mol.